The molecule has 1 atom stereocenters. The summed E-state index contributed by atoms with van der Waals surface area (Å²) in [5.74, 6) is 2.56. The van der Waals surface area contributed by atoms with Crippen LogP contribution in [0.4, 0.5) is 11.6 Å². The van der Waals surface area contributed by atoms with Gasteiger partial charge < -0.3 is 10.6 Å². The number of nitrogens with one attached hydrogen (secondary N) is 2. The van der Waals surface area contributed by atoms with E-state index in [1.165, 1.54) is 0 Å². The lowest BCUT2D eigenvalue weighted by atomic mass is 10.0. The Kier molecular flexibility index (Phi) is 5.50. The summed E-state index contributed by atoms with van der Waals surface area (Å²) in [5.41, 5.74) is 1.14. The summed E-state index contributed by atoms with van der Waals surface area (Å²) in [5, 5.41) is 9.93. The van der Waals surface area contributed by atoms with E-state index in [0.29, 0.717) is 11.8 Å². The van der Waals surface area contributed by atoms with E-state index in [9.17, 15) is 0 Å². The lowest BCUT2D eigenvalue weighted by molar-refractivity contribution is 0.781. The van der Waals surface area contributed by atoms with E-state index < -0.39 is 0 Å². The van der Waals surface area contributed by atoms with Gasteiger partial charge in [-0.15, -0.1) is 11.3 Å². The molecule has 0 saturated heterocycles. The van der Waals surface area contributed by atoms with Gasteiger partial charge in [0.1, 0.15) is 18.0 Å². The minimum absolute atomic E-state index is 0.359. The van der Waals surface area contributed by atoms with Crippen LogP contribution in [0.5, 0.6) is 0 Å². The second-order valence-corrected chi connectivity index (χ2v) is 6.25. The Morgan fingerprint density at radius 2 is 1.81 bits per heavy atom. The number of thiazole rings is 1. The standard InChI is InChI=1S/C15H23N5S/c1-5-16-13-12(10(2)3)14(20-9-19-13)18-8-11(4)15-17-6-7-21-15/h6-7,9-11H,5,8H2,1-4H3,(H2,16,18,19,20). The molecule has 5 nitrogen and oxygen atoms in total. The van der Waals surface area contributed by atoms with Crippen molar-refractivity contribution in [1.29, 1.82) is 0 Å². The van der Waals surface area contributed by atoms with Crippen molar-refractivity contribution >= 4 is 23.0 Å². The predicted octanol–water partition coefficient (Wildman–Crippen LogP) is 3.70. The van der Waals surface area contributed by atoms with Crippen LogP contribution in [0.3, 0.4) is 0 Å². The molecule has 1 unspecified atom stereocenters. The van der Waals surface area contributed by atoms with Crippen molar-refractivity contribution in [2.24, 2.45) is 0 Å². The van der Waals surface area contributed by atoms with Crippen LogP contribution in [0.1, 0.15) is 50.1 Å². The molecule has 0 aliphatic rings. The van der Waals surface area contributed by atoms with Gasteiger partial charge in [0.05, 0.1) is 5.01 Å². The Balaban J connectivity index is 2.13. The van der Waals surface area contributed by atoms with Crippen LogP contribution in [0.25, 0.3) is 0 Å². The topological polar surface area (TPSA) is 62.7 Å². The Morgan fingerprint density at radius 3 is 2.38 bits per heavy atom. The van der Waals surface area contributed by atoms with Crippen molar-refractivity contribution in [3.05, 3.63) is 28.5 Å². The Labute approximate surface area is 130 Å². The maximum absolute atomic E-state index is 4.42. The Hall–Kier alpha value is -1.69. The zero-order valence-corrected chi connectivity index (χ0v) is 13.9. The molecule has 0 aromatic carbocycles. The molecular weight excluding hydrogens is 282 g/mol. The second kappa shape index (κ2) is 7.36. The van der Waals surface area contributed by atoms with Crippen LogP contribution in [-0.4, -0.2) is 28.0 Å². The number of aromatic nitrogens is 3. The fourth-order valence-electron chi connectivity index (χ4n) is 2.21. The number of hydrogen-bond donors (Lipinski definition) is 2. The molecule has 0 spiro atoms. The molecule has 0 radical (unpaired) electrons. The number of rotatable bonds is 7. The lowest BCUT2D eigenvalue weighted by Crippen LogP contribution is -2.15. The molecule has 0 bridgehead atoms. The molecule has 6 heteroatoms. The maximum atomic E-state index is 4.42. The van der Waals surface area contributed by atoms with E-state index in [-0.39, 0.29) is 0 Å². The van der Waals surface area contributed by atoms with Gasteiger partial charge in [-0.1, -0.05) is 20.8 Å². The highest BCUT2D eigenvalue weighted by molar-refractivity contribution is 7.09. The first-order chi connectivity index (χ1) is 10.1. The van der Waals surface area contributed by atoms with Crippen molar-refractivity contribution in [2.75, 3.05) is 23.7 Å². The van der Waals surface area contributed by atoms with Crippen LogP contribution in [0.2, 0.25) is 0 Å². The number of hydrogen-bond acceptors (Lipinski definition) is 6. The fraction of sp³-hybridized carbons (Fsp3) is 0.533. The van der Waals surface area contributed by atoms with Gasteiger partial charge >= 0.3 is 0 Å². The Morgan fingerprint density at radius 1 is 1.10 bits per heavy atom. The first-order valence-corrected chi connectivity index (χ1v) is 8.23. The van der Waals surface area contributed by atoms with Gasteiger partial charge in [0.15, 0.2) is 0 Å². The molecule has 2 aromatic heterocycles. The summed E-state index contributed by atoms with van der Waals surface area (Å²) in [6.45, 7) is 10.2. The van der Waals surface area contributed by atoms with Gasteiger partial charge in [0, 0.05) is 36.1 Å². The zero-order valence-electron chi connectivity index (χ0n) is 13.1. The van der Waals surface area contributed by atoms with Gasteiger partial charge in [-0.25, -0.2) is 15.0 Å². The van der Waals surface area contributed by atoms with Gasteiger partial charge in [-0.05, 0) is 12.8 Å². The van der Waals surface area contributed by atoms with E-state index in [2.05, 4.69) is 53.3 Å². The quantitative estimate of drug-likeness (QED) is 0.816. The van der Waals surface area contributed by atoms with E-state index >= 15 is 0 Å². The van der Waals surface area contributed by atoms with Crippen molar-refractivity contribution in [3.8, 4) is 0 Å². The first kappa shape index (κ1) is 15.7. The first-order valence-electron chi connectivity index (χ1n) is 7.35. The van der Waals surface area contributed by atoms with E-state index in [1.807, 2.05) is 11.6 Å². The van der Waals surface area contributed by atoms with Crippen LogP contribution in [-0.2, 0) is 0 Å². The minimum Gasteiger partial charge on any atom is -0.370 e. The van der Waals surface area contributed by atoms with E-state index in [1.54, 1.807) is 17.7 Å². The summed E-state index contributed by atoms with van der Waals surface area (Å²) in [6.07, 6.45) is 3.46. The van der Waals surface area contributed by atoms with Gasteiger partial charge in [-0.2, -0.15) is 0 Å². The largest absolute Gasteiger partial charge is 0.370 e. The van der Waals surface area contributed by atoms with Crippen LogP contribution >= 0.6 is 11.3 Å². The average Bonchev–Trinajstić information content (AvgIpc) is 2.99. The summed E-state index contributed by atoms with van der Waals surface area (Å²) in [7, 11) is 0. The average molecular weight is 305 g/mol. The van der Waals surface area contributed by atoms with Gasteiger partial charge in [-0.3, -0.25) is 0 Å². The van der Waals surface area contributed by atoms with E-state index in [4.69, 9.17) is 0 Å². The van der Waals surface area contributed by atoms with Gasteiger partial charge in [0.2, 0.25) is 0 Å². The molecule has 2 rings (SSSR count). The maximum Gasteiger partial charge on any atom is 0.135 e. The molecule has 0 fully saturated rings. The molecule has 114 valence electrons. The monoisotopic (exact) mass is 305 g/mol. The molecule has 2 N–H and O–H groups in total. The summed E-state index contributed by atoms with van der Waals surface area (Å²) in [4.78, 5) is 13.1. The van der Waals surface area contributed by atoms with Crippen molar-refractivity contribution in [3.63, 3.8) is 0 Å². The van der Waals surface area contributed by atoms with Crippen molar-refractivity contribution in [1.82, 2.24) is 15.0 Å². The normalized spacial score (nSPS) is 12.4. The number of nitrogens with zero attached hydrogens (tertiary/aromatic N) is 3. The smallest absolute Gasteiger partial charge is 0.135 e. The predicted molar refractivity (Wildman–Crippen MR) is 89.3 cm³/mol. The minimum atomic E-state index is 0.359. The third-order valence-corrected chi connectivity index (χ3v) is 4.26. The third kappa shape index (κ3) is 3.91. The third-order valence-electron chi connectivity index (χ3n) is 3.25. The molecule has 21 heavy (non-hydrogen) atoms. The van der Waals surface area contributed by atoms with Crippen LogP contribution in [0, 0.1) is 0 Å². The molecule has 0 saturated carbocycles. The molecular formula is C15H23N5S. The highest BCUT2D eigenvalue weighted by Gasteiger charge is 2.16. The fourth-order valence-corrected chi connectivity index (χ4v) is 2.91. The molecule has 0 aliphatic heterocycles. The summed E-state index contributed by atoms with van der Waals surface area (Å²) < 4.78 is 0. The Bertz CT molecular complexity index is 553. The number of anilines is 2. The highest BCUT2D eigenvalue weighted by Crippen LogP contribution is 2.29. The van der Waals surface area contributed by atoms with Crippen molar-refractivity contribution in [2.45, 2.75) is 39.5 Å². The molecule has 2 heterocycles. The second-order valence-electron chi connectivity index (χ2n) is 5.32. The van der Waals surface area contributed by atoms with Crippen LogP contribution in [0.15, 0.2) is 17.9 Å². The van der Waals surface area contributed by atoms with Gasteiger partial charge in [0.25, 0.3) is 0 Å². The van der Waals surface area contributed by atoms with Crippen molar-refractivity contribution < 1.29 is 0 Å². The van der Waals surface area contributed by atoms with Crippen LogP contribution < -0.4 is 10.6 Å². The lowest BCUT2D eigenvalue weighted by Gasteiger charge is -2.18. The SMILES string of the molecule is CCNc1ncnc(NCC(C)c2nccs2)c1C(C)C. The molecule has 0 aliphatic carbocycles. The van der Waals surface area contributed by atoms with E-state index in [0.717, 1.165) is 35.3 Å². The molecule has 0 amide bonds. The summed E-state index contributed by atoms with van der Waals surface area (Å²) >= 11 is 1.69. The zero-order chi connectivity index (χ0) is 15.2. The molecule has 2 aromatic rings. The highest BCUT2D eigenvalue weighted by atomic mass is 32.1. The summed E-state index contributed by atoms with van der Waals surface area (Å²) in [6, 6.07) is 0.